The zero-order valence-corrected chi connectivity index (χ0v) is 44.5. The molecule has 0 aliphatic carbocycles. The van der Waals surface area contributed by atoms with Crippen molar-refractivity contribution in [2.45, 2.75) is 69.9 Å². The van der Waals surface area contributed by atoms with Gasteiger partial charge in [0.15, 0.2) is 0 Å². The number of carbonyl (C=O) groups is 5. The predicted molar refractivity (Wildman–Crippen MR) is 289 cm³/mol. The van der Waals surface area contributed by atoms with Crippen LogP contribution in [0.15, 0.2) is 140 Å². The Bertz CT molecular complexity index is 3340. The summed E-state index contributed by atoms with van der Waals surface area (Å²) in [6, 6.07) is 36.7. The maximum Gasteiger partial charge on any atom is 0.426 e. The topological polar surface area (TPSA) is 175 Å². The van der Waals surface area contributed by atoms with Gasteiger partial charge in [0, 0.05) is 52.4 Å². The van der Waals surface area contributed by atoms with Crippen molar-refractivity contribution in [2.24, 2.45) is 0 Å². The highest BCUT2D eigenvalue weighted by Gasteiger charge is 2.39. The fourth-order valence-corrected chi connectivity index (χ4v) is 11.1. The summed E-state index contributed by atoms with van der Waals surface area (Å²) < 4.78 is 99.1. The minimum atomic E-state index is -4.51. The number of alkyl halides is 6. The van der Waals surface area contributed by atoms with E-state index < -0.39 is 64.6 Å². The molecule has 22 heteroatoms. The van der Waals surface area contributed by atoms with Crippen LogP contribution >= 0.6 is 22.7 Å². The molecule has 0 fully saturated rings. The molecule has 2 aliphatic rings. The molecular formula is C58H52F6N4O10S2. The van der Waals surface area contributed by atoms with E-state index in [9.17, 15) is 55.4 Å². The first-order chi connectivity index (χ1) is 38.2. The Morgan fingerprint density at radius 2 is 1.04 bits per heavy atom. The second-order valence-electron chi connectivity index (χ2n) is 18.5. The number of nitrogens with zero attached hydrogens (tertiary/aromatic N) is 3. The molecule has 80 heavy (non-hydrogen) atoms. The van der Waals surface area contributed by atoms with Gasteiger partial charge >= 0.3 is 30.4 Å². The number of benzene rings is 5. The van der Waals surface area contributed by atoms with Crippen LogP contribution in [0.1, 0.15) is 49.0 Å². The summed E-state index contributed by atoms with van der Waals surface area (Å²) in [6.45, 7) is 0.515. The number of anilines is 2. The van der Waals surface area contributed by atoms with Gasteiger partial charge in [0.05, 0.1) is 18.9 Å². The normalized spacial score (nSPS) is 13.6. The molecule has 2 aromatic heterocycles. The fourth-order valence-electron chi connectivity index (χ4n) is 9.17. The van der Waals surface area contributed by atoms with Crippen molar-refractivity contribution in [3.8, 4) is 33.8 Å². The van der Waals surface area contributed by atoms with Crippen LogP contribution in [0.2, 0.25) is 0 Å². The van der Waals surface area contributed by atoms with E-state index >= 15 is 0 Å². The van der Waals surface area contributed by atoms with E-state index in [1.165, 1.54) is 31.1 Å². The number of nitrogens with one attached hydrogen (secondary N) is 1. The number of aliphatic carboxylic acids is 2. The number of thiophene rings is 2. The lowest BCUT2D eigenvalue weighted by molar-refractivity contribution is -0.141. The smallest absolute Gasteiger partial charge is 0.426 e. The van der Waals surface area contributed by atoms with Crippen LogP contribution in [0.5, 0.6) is 11.5 Å². The molecule has 0 saturated carbocycles. The van der Waals surface area contributed by atoms with E-state index in [0.29, 0.717) is 85.8 Å². The van der Waals surface area contributed by atoms with Gasteiger partial charge in [-0.2, -0.15) is 26.3 Å². The minimum Gasteiger partial charge on any atom is -0.488 e. The quantitative estimate of drug-likeness (QED) is 0.0697. The molecule has 3 N–H and O–H groups in total. The monoisotopic (exact) mass is 1140 g/mol. The largest absolute Gasteiger partial charge is 0.488 e. The lowest BCUT2D eigenvalue weighted by Crippen LogP contribution is -2.50. The van der Waals surface area contributed by atoms with Crippen LogP contribution in [0.4, 0.5) is 42.5 Å². The van der Waals surface area contributed by atoms with Crippen molar-refractivity contribution in [3.05, 3.63) is 176 Å². The number of likely N-dealkylation sites (N-methyl/N-ethyl adjacent to an activating group) is 2. The molecule has 7 aromatic rings. The number of hydrogen-bond acceptors (Lipinski definition) is 11. The Morgan fingerprint density at radius 3 is 1.46 bits per heavy atom. The molecule has 14 nitrogen and oxygen atoms in total. The van der Waals surface area contributed by atoms with Crippen molar-refractivity contribution >= 4 is 63.9 Å². The summed E-state index contributed by atoms with van der Waals surface area (Å²) in [7, 11) is 2.86. The molecule has 4 heterocycles. The SMILES string of the molecule is CN(C(=O)OCc1ccccc1)C(CC(=O)O)C(=O)N1CCc2cc(OCc3cc(-c4ccccc4)c(C(F)(F)F)s3)ccc21.CNC(CC(=O)O)C(=O)N1CCc2cc(OCc3cc(-c4ccccc4)c(C(F)(F)F)s3)ccc21. The molecule has 0 bridgehead atoms. The number of hydrogen-bond donors (Lipinski definition) is 3. The van der Waals surface area contributed by atoms with Crippen molar-refractivity contribution in [3.63, 3.8) is 0 Å². The summed E-state index contributed by atoms with van der Waals surface area (Å²) in [4.78, 5) is 65.3. The summed E-state index contributed by atoms with van der Waals surface area (Å²) in [5, 5.41) is 21.3. The molecule has 2 unspecified atom stereocenters. The van der Waals surface area contributed by atoms with Gasteiger partial charge in [0.2, 0.25) is 5.91 Å². The lowest BCUT2D eigenvalue weighted by Gasteiger charge is -2.29. The van der Waals surface area contributed by atoms with Crippen LogP contribution in [0, 0.1) is 0 Å². The van der Waals surface area contributed by atoms with Crippen LogP contribution in [0.25, 0.3) is 22.3 Å². The Morgan fingerprint density at radius 1 is 0.600 bits per heavy atom. The number of carboxylic acids is 2. The maximum absolute atomic E-state index is 13.8. The van der Waals surface area contributed by atoms with E-state index in [-0.39, 0.29) is 49.8 Å². The third-order valence-electron chi connectivity index (χ3n) is 13.1. The number of halogens is 6. The van der Waals surface area contributed by atoms with Crippen molar-refractivity contribution in [1.29, 1.82) is 0 Å². The third-order valence-corrected chi connectivity index (χ3v) is 15.4. The van der Waals surface area contributed by atoms with Gasteiger partial charge in [0.25, 0.3) is 5.91 Å². The van der Waals surface area contributed by atoms with Gasteiger partial charge in [-0.1, -0.05) is 91.0 Å². The first kappa shape index (κ1) is 58.0. The number of amides is 3. The van der Waals surface area contributed by atoms with E-state index in [4.69, 9.17) is 19.3 Å². The number of ether oxygens (including phenoxy) is 3. The molecule has 0 spiro atoms. The molecule has 0 radical (unpaired) electrons. The second kappa shape index (κ2) is 25.3. The van der Waals surface area contributed by atoms with Gasteiger partial charge in [0.1, 0.15) is 47.1 Å². The second-order valence-corrected chi connectivity index (χ2v) is 20.8. The summed E-state index contributed by atoms with van der Waals surface area (Å²) in [5.41, 5.74) is 4.74. The zero-order chi connectivity index (χ0) is 57.3. The molecule has 0 saturated heterocycles. The van der Waals surface area contributed by atoms with E-state index in [2.05, 4.69) is 5.32 Å². The average molecular weight is 1140 g/mol. The first-order valence-corrected chi connectivity index (χ1v) is 26.5. The Labute approximate surface area is 463 Å². The van der Waals surface area contributed by atoms with Gasteiger partial charge in [-0.05, 0) is 96.2 Å². The van der Waals surface area contributed by atoms with Crippen LogP contribution in [-0.4, -0.2) is 84.2 Å². The molecular weight excluding hydrogens is 1090 g/mol. The minimum absolute atomic E-state index is 0.0253. The summed E-state index contributed by atoms with van der Waals surface area (Å²) in [5.74, 6) is -2.33. The standard InChI is InChI=1S/C33H29F3N2O6S.C25H23F3N2O4S/c1-37(32(42)44-19-21-8-4-2-5-9-21)28(18-29(39)40)31(41)38-15-14-23-16-24(12-13-27(23)38)43-20-25-17-26(22-10-6-3-7-11-22)30(45-25)33(34,35)36;1-29-20(13-22(31)32)24(33)30-10-9-16-11-17(7-8-21(16)30)34-14-18-12-19(15-5-3-2-4-6-15)23(35-18)25(26,27)28/h2-13,16-17,28H,14-15,18-20H2,1H3,(H,39,40);2-8,11-12,20,29H,9-10,13-14H2,1H3,(H,31,32). The van der Waals surface area contributed by atoms with Crippen LogP contribution < -0.4 is 24.6 Å². The molecule has 2 atom stereocenters. The molecule has 5 aromatic carbocycles. The molecule has 418 valence electrons. The molecule has 9 rings (SSSR count). The summed E-state index contributed by atoms with van der Waals surface area (Å²) >= 11 is 1.30. The Kier molecular flexibility index (Phi) is 18.3. The Hall–Kier alpha value is -8.21. The molecule has 3 amide bonds. The lowest BCUT2D eigenvalue weighted by atomic mass is 10.1. The van der Waals surface area contributed by atoms with E-state index in [0.717, 1.165) is 21.6 Å². The van der Waals surface area contributed by atoms with Crippen molar-refractivity contribution in [2.75, 3.05) is 37.0 Å². The van der Waals surface area contributed by atoms with E-state index in [1.54, 1.807) is 126 Å². The number of carbonyl (C=O) groups excluding carboxylic acids is 3. The van der Waals surface area contributed by atoms with E-state index in [1.807, 2.05) is 6.07 Å². The highest BCUT2D eigenvalue weighted by atomic mass is 32.1. The van der Waals surface area contributed by atoms with Gasteiger partial charge in [-0.3, -0.25) is 24.1 Å². The Balaban J connectivity index is 0.000000217. The highest BCUT2D eigenvalue weighted by molar-refractivity contribution is 7.13. The fraction of sp³-hybridized carbons (Fsp3) is 0.259. The van der Waals surface area contributed by atoms with Gasteiger partial charge < -0.3 is 39.5 Å². The average Bonchev–Trinajstić information content (AvgIpc) is 4.31. The first-order valence-electron chi connectivity index (χ1n) is 24.9. The third kappa shape index (κ3) is 14.1. The van der Waals surface area contributed by atoms with Crippen LogP contribution in [0.3, 0.4) is 0 Å². The van der Waals surface area contributed by atoms with Crippen molar-refractivity contribution in [1.82, 2.24) is 10.2 Å². The zero-order valence-electron chi connectivity index (χ0n) is 42.9. The maximum atomic E-state index is 13.8. The predicted octanol–water partition coefficient (Wildman–Crippen LogP) is 12.0. The molecule has 2 aliphatic heterocycles. The highest BCUT2D eigenvalue weighted by Crippen LogP contribution is 2.45. The number of carboxylic acid groups (broad SMARTS) is 2. The summed E-state index contributed by atoms with van der Waals surface area (Å²) in [6.07, 6.45) is -9.75. The number of fused-ring (bicyclic) bond motifs is 2. The number of rotatable bonds is 18. The van der Waals surface area contributed by atoms with Crippen LogP contribution in [-0.2, 0) is 68.9 Å². The van der Waals surface area contributed by atoms with Gasteiger partial charge in [-0.25, -0.2) is 4.79 Å². The van der Waals surface area contributed by atoms with Crippen molar-refractivity contribution < 1.29 is 74.7 Å². The van der Waals surface area contributed by atoms with Gasteiger partial charge in [-0.15, -0.1) is 22.7 Å².